The Kier molecular flexibility index (Phi) is 6.68. The lowest BCUT2D eigenvalue weighted by molar-refractivity contribution is -0.120. The van der Waals surface area contributed by atoms with Crippen LogP contribution in [0.1, 0.15) is 26.3 Å². The molecule has 3 aromatic carbocycles. The third-order valence-corrected chi connectivity index (χ3v) is 5.56. The summed E-state index contributed by atoms with van der Waals surface area (Å²) in [6, 6.07) is 23.9. The van der Waals surface area contributed by atoms with Crippen LogP contribution in [-0.4, -0.2) is 31.6 Å². The average Bonchev–Trinajstić information content (AvgIpc) is 3.10. The molecule has 0 N–H and O–H groups in total. The van der Waals surface area contributed by atoms with Crippen molar-refractivity contribution in [3.63, 3.8) is 0 Å². The summed E-state index contributed by atoms with van der Waals surface area (Å²) in [6.07, 6.45) is -0.112. The second kappa shape index (κ2) is 9.83. The molecule has 0 saturated carbocycles. The SMILES string of the molecule is CCN(C1=C(c2ccc(OC)cc2)C(=O)N(c2ccccc2OC(C)C)C1=O)c1ccccc1. The van der Waals surface area contributed by atoms with Crippen molar-refractivity contribution in [3.8, 4) is 11.5 Å². The topological polar surface area (TPSA) is 59.1 Å². The lowest BCUT2D eigenvalue weighted by atomic mass is 10.0. The van der Waals surface area contributed by atoms with E-state index in [9.17, 15) is 9.59 Å². The fourth-order valence-corrected chi connectivity index (χ4v) is 4.08. The molecule has 0 unspecified atom stereocenters. The number of carbonyl (C=O) groups excluding carboxylic acids is 2. The maximum atomic E-state index is 14.0. The van der Waals surface area contributed by atoms with Gasteiger partial charge in [0.15, 0.2) is 0 Å². The van der Waals surface area contributed by atoms with Gasteiger partial charge >= 0.3 is 0 Å². The minimum Gasteiger partial charge on any atom is -0.497 e. The summed E-state index contributed by atoms with van der Waals surface area (Å²) in [5.74, 6) is 0.378. The summed E-state index contributed by atoms with van der Waals surface area (Å²) < 4.78 is 11.2. The van der Waals surface area contributed by atoms with E-state index >= 15 is 0 Å². The van der Waals surface area contributed by atoms with E-state index in [4.69, 9.17) is 9.47 Å². The second-order valence-corrected chi connectivity index (χ2v) is 8.11. The van der Waals surface area contributed by atoms with Gasteiger partial charge in [0.2, 0.25) is 0 Å². The molecule has 3 aromatic rings. The van der Waals surface area contributed by atoms with Gasteiger partial charge in [-0.05, 0) is 62.7 Å². The molecule has 0 saturated heterocycles. The Morgan fingerprint density at radius 1 is 0.853 bits per heavy atom. The number of ether oxygens (including phenoxy) is 2. The van der Waals surface area contributed by atoms with Gasteiger partial charge in [0, 0.05) is 12.2 Å². The Labute approximate surface area is 200 Å². The first-order chi connectivity index (χ1) is 16.5. The van der Waals surface area contributed by atoms with Crippen LogP contribution >= 0.6 is 0 Å². The van der Waals surface area contributed by atoms with Gasteiger partial charge in [0.1, 0.15) is 17.2 Å². The molecule has 2 amide bonds. The zero-order valence-electron chi connectivity index (χ0n) is 19.8. The molecule has 174 valence electrons. The monoisotopic (exact) mass is 456 g/mol. The number of nitrogens with zero attached hydrogens (tertiary/aromatic N) is 2. The number of hydrogen-bond donors (Lipinski definition) is 0. The molecule has 1 aliphatic rings. The van der Waals surface area contributed by atoms with Crippen molar-refractivity contribution >= 4 is 28.8 Å². The van der Waals surface area contributed by atoms with E-state index in [2.05, 4.69) is 0 Å². The van der Waals surface area contributed by atoms with Gasteiger partial charge in [-0.1, -0.05) is 42.5 Å². The van der Waals surface area contributed by atoms with Gasteiger partial charge in [0.25, 0.3) is 11.8 Å². The van der Waals surface area contributed by atoms with Gasteiger partial charge in [0.05, 0.1) is 24.5 Å². The Morgan fingerprint density at radius 2 is 1.50 bits per heavy atom. The van der Waals surface area contributed by atoms with Crippen LogP contribution in [0.2, 0.25) is 0 Å². The minimum absolute atomic E-state index is 0.112. The Morgan fingerprint density at radius 3 is 2.12 bits per heavy atom. The maximum absolute atomic E-state index is 14.0. The van der Waals surface area contributed by atoms with Crippen molar-refractivity contribution in [2.75, 3.05) is 23.5 Å². The van der Waals surface area contributed by atoms with Crippen LogP contribution in [0.5, 0.6) is 11.5 Å². The first-order valence-corrected chi connectivity index (χ1v) is 11.3. The van der Waals surface area contributed by atoms with Crippen LogP contribution in [-0.2, 0) is 9.59 Å². The maximum Gasteiger partial charge on any atom is 0.282 e. The molecule has 0 spiro atoms. The lowest BCUT2D eigenvalue weighted by Crippen LogP contribution is -2.35. The Bertz CT molecular complexity index is 1220. The Balaban J connectivity index is 1.89. The van der Waals surface area contributed by atoms with E-state index in [0.29, 0.717) is 40.6 Å². The lowest BCUT2D eigenvalue weighted by Gasteiger charge is -2.25. The Hall–Kier alpha value is -4.06. The smallest absolute Gasteiger partial charge is 0.282 e. The van der Waals surface area contributed by atoms with E-state index in [1.54, 1.807) is 49.6 Å². The largest absolute Gasteiger partial charge is 0.497 e. The average molecular weight is 457 g/mol. The van der Waals surface area contributed by atoms with Crippen molar-refractivity contribution in [1.82, 2.24) is 0 Å². The molecule has 6 heteroatoms. The summed E-state index contributed by atoms with van der Waals surface area (Å²) in [5.41, 5.74) is 2.59. The summed E-state index contributed by atoms with van der Waals surface area (Å²) in [5, 5.41) is 0. The molecule has 4 rings (SSSR count). The molecule has 0 bridgehead atoms. The van der Waals surface area contributed by atoms with E-state index < -0.39 is 0 Å². The van der Waals surface area contributed by atoms with Crippen molar-refractivity contribution in [1.29, 1.82) is 0 Å². The van der Waals surface area contributed by atoms with Crippen LogP contribution in [0, 0.1) is 0 Å². The summed E-state index contributed by atoms with van der Waals surface area (Å²) >= 11 is 0. The van der Waals surface area contributed by atoms with Gasteiger partial charge in [-0.15, -0.1) is 0 Å². The zero-order chi connectivity index (χ0) is 24.2. The van der Waals surface area contributed by atoms with Crippen LogP contribution in [0.4, 0.5) is 11.4 Å². The number of benzene rings is 3. The van der Waals surface area contributed by atoms with Crippen LogP contribution in [0.15, 0.2) is 84.6 Å². The number of imide groups is 1. The zero-order valence-corrected chi connectivity index (χ0v) is 19.8. The molecule has 0 aromatic heterocycles. The van der Waals surface area contributed by atoms with Gasteiger partial charge in [-0.2, -0.15) is 0 Å². The second-order valence-electron chi connectivity index (χ2n) is 8.11. The molecular weight excluding hydrogens is 428 g/mol. The van der Waals surface area contributed by atoms with E-state index in [1.165, 1.54) is 4.90 Å². The van der Waals surface area contributed by atoms with Crippen LogP contribution in [0.25, 0.3) is 5.57 Å². The highest BCUT2D eigenvalue weighted by molar-refractivity contribution is 6.46. The highest BCUT2D eigenvalue weighted by Crippen LogP contribution is 2.40. The van der Waals surface area contributed by atoms with Crippen molar-refractivity contribution in [2.45, 2.75) is 26.9 Å². The molecule has 1 aliphatic heterocycles. The number of carbonyl (C=O) groups is 2. The molecule has 0 radical (unpaired) electrons. The van der Waals surface area contributed by atoms with Gasteiger partial charge in [-0.3, -0.25) is 9.59 Å². The third kappa shape index (κ3) is 4.27. The van der Waals surface area contributed by atoms with E-state index in [1.807, 2.05) is 62.1 Å². The molecule has 34 heavy (non-hydrogen) atoms. The fraction of sp³-hybridized carbons (Fsp3) is 0.214. The van der Waals surface area contributed by atoms with Crippen molar-refractivity contribution in [3.05, 3.63) is 90.1 Å². The number of hydrogen-bond acceptors (Lipinski definition) is 5. The van der Waals surface area contributed by atoms with Crippen molar-refractivity contribution < 1.29 is 19.1 Å². The van der Waals surface area contributed by atoms with Gasteiger partial charge < -0.3 is 14.4 Å². The number of likely N-dealkylation sites (N-methyl/N-ethyl adjacent to an activating group) is 1. The molecule has 1 heterocycles. The number of anilines is 2. The first-order valence-electron chi connectivity index (χ1n) is 11.3. The molecule has 0 atom stereocenters. The van der Waals surface area contributed by atoms with Gasteiger partial charge in [-0.25, -0.2) is 4.90 Å². The predicted molar refractivity (Wildman–Crippen MR) is 134 cm³/mol. The summed E-state index contributed by atoms with van der Waals surface area (Å²) in [4.78, 5) is 31.0. The molecular formula is C28H28N2O4. The molecule has 0 fully saturated rings. The number of amides is 2. The van der Waals surface area contributed by atoms with Crippen molar-refractivity contribution in [2.24, 2.45) is 0 Å². The fourth-order valence-electron chi connectivity index (χ4n) is 4.08. The first kappa shape index (κ1) is 23.1. The number of rotatable bonds is 8. The standard InChI is InChI=1S/C28H28N2O4/c1-5-29(21-11-7-6-8-12-21)26-25(20-15-17-22(33-4)18-16-20)27(31)30(28(26)32)23-13-9-10-14-24(23)34-19(2)3/h6-19H,5H2,1-4H3. The third-order valence-electron chi connectivity index (χ3n) is 5.56. The van der Waals surface area contributed by atoms with Crippen LogP contribution < -0.4 is 19.3 Å². The van der Waals surface area contributed by atoms with E-state index in [0.717, 1.165) is 5.69 Å². The highest BCUT2D eigenvalue weighted by Gasteiger charge is 2.43. The highest BCUT2D eigenvalue weighted by atomic mass is 16.5. The van der Waals surface area contributed by atoms with E-state index in [-0.39, 0.29) is 17.9 Å². The molecule has 6 nitrogen and oxygen atoms in total. The summed E-state index contributed by atoms with van der Waals surface area (Å²) in [6.45, 7) is 6.29. The predicted octanol–water partition coefficient (Wildman–Crippen LogP) is 5.29. The minimum atomic E-state index is -0.389. The quantitative estimate of drug-likeness (QED) is 0.431. The number of para-hydroxylation sites is 3. The van der Waals surface area contributed by atoms with Crippen LogP contribution in [0.3, 0.4) is 0 Å². The summed E-state index contributed by atoms with van der Waals surface area (Å²) in [7, 11) is 1.59. The molecule has 0 aliphatic carbocycles. The number of methoxy groups -OCH3 is 1. The normalized spacial score (nSPS) is 13.6.